The Kier molecular flexibility index (Phi) is 7.50. The van der Waals surface area contributed by atoms with Gasteiger partial charge >= 0.3 is 11.9 Å². The van der Waals surface area contributed by atoms with Gasteiger partial charge in [-0.3, -0.25) is 9.59 Å². The van der Waals surface area contributed by atoms with Crippen LogP contribution < -0.4 is 4.74 Å². The van der Waals surface area contributed by atoms with Crippen molar-refractivity contribution in [2.75, 3.05) is 20.8 Å². The molecule has 0 fully saturated rings. The van der Waals surface area contributed by atoms with Crippen molar-refractivity contribution in [3.8, 4) is 17.6 Å². The van der Waals surface area contributed by atoms with Gasteiger partial charge in [0.25, 0.3) is 0 Å². The Morgan fingerprint density at radius 2 is 1.56 bits per heavy atom. The molecule has 1 rings (SSSR count). The van der Waals surface area contributed by atoms with Crippen molar-refractivity contribution in [2.24, 2.45) is 11.3 Å². The normalized spacial score (nSPS) is 12.0. The fourth-order valence-corrected chi connectivity index (χ4v) is 2.21. The van der Waals surface area contributed by atoms with Crippen LogP contribution in [0, 0.1) is 23.2 Å². The zero-order chi connectivity index (χ0) is 19.0. The minimum absolute atomic E-state index is 0.0513. The number of esters is 2. The molecule has 0 N–H and O–H groups in total. The molecule has 0 aromatic heterocycles. The first-order chi connectivity index (χ1) is 11.7. The number of carbonyl (C=O) groups excluding carboxylic acids is 2. The highest BCUT2D eigenvalue weighted by Crippen LogP contribution is 2.28. The quantitative estimate of drug-likeness (QED) is 0.450. The van der Waals surface area contributed by atoms with E-state index in [0.29, 0.717) is 6.61 Å². The summed E-state index contributed by atoms with van der Waals surface area (Å²) >= 11 is 0. The van der Waals surface area contributed by atoms with Crippen molar-refractivity contribution in [1.29, 1.82) is 0 Å². The number of methoxy groups -OCH3 is 2. The molecule has 0 aliphatic heterocycles. The van der Waals surface area contributed by atoms with Crippen molar-refractivity contribution >= 4 is 11.9 Å². The van der Waals surface area contributed by atoms with Crippen LogP contribution in [-0.2, 0) is 19.1 Å². The molecular weight excluding hydrogens is 320 g/mol. The molecular formula is C20H26O5. The van der Waals surface area contributed by atoms with Crippen molar-refractivity contribution in [3.63, 3.8) is 0 Å². The molecule has 1 aromatic rings. The standard InChI is InChI=1S/C20H26O5/c1-7-8-16(17(18(21)23-5)19(22)24-6)14-9-11-15(12-10-14)25-13-20(2,3)4/h9-12,16-17H,13H2,1-6H3/t16-/m0/s1. The molecule has 136 valence electrons. The van der Waals surface area contributed by atoms with Crippen LogP contribution in [0.25, 0.3) is 0 Å². The van der Waals surface area contributed by atoms with E-state index in [1.54, 1.807) is 31.2 Å². The van der Waals surface area contributed by atoms with Crippen molar-refractivity contribution in [1.82, 2.24) is 0 Å². The SMILES string of the molecule is CC#C[C@@H](c1ccc(OCC(C)(C)C)cc1)C(C(=O)OC)C(=O)OC. The Hall–Kier alpha value is -2.48. The summed E-state index contributed by atoms with van der Waals surface area (Å²) < 4.78 is 15.2. The molecule has 0 unspecified atom stereocenters. The number of hydrogen-bond acceptors (Lipinski definition) is 5. The predicted octanol–water partition coefficient (Wildman–Crippen LogP) is 3.18. The third-order valence-electron chi connectivity index (χ3n) is 3.45. The molecule has 1 atom stereocenters. The lowest BCUT2D eigenvalue weighted by atomic mass is 9.86. The molecule has 0 amide bonds. The Morgan fingerprint density at radius 1 is 1.04 bits per heavy atom. The first kappa shape index (κ1) is 20.6. The van der Waals surface area contributed by atoms with Crippen LogP contribution in [-0.4, -0.2) is 32.8 Å². The number of ether oxygens (including phenoxy) is 3. The predicted molar refractivity (Wildman–Crippen MR) is 95.1 cm³/mol. The molecule has 0 saturated carbocycles. The third-order valence-corrected chi connectivity index (χ3v) is 3.45. The van der Waals surface area contributed by atoms with Crippen LogP contribution in [0.4, 0.5) is 0 Å². The highest BCUT2D eigenvalue weighted by molar-refractivity contribution is 5.96. The van der Waals surface area contributed by atoms with E-state index in [4.69, 9.17) is 14.2 Å². The molecule has 5 nitrogen and oxygen atoms in total. The molecule has 0 radical (unpaired) electrons. The lowest BCUT2D eigenvalue weighted by Crippen LogP contribution is -2.31. The summed E-state index contributed by atoms with van der Waals surface area (Å²) in [6.45, 7) is 8.50. The molecule has 0 aliphatic carbocycles. The lowest BCUT2D eigenvalue weighted by molar-refractivity contribution is -0.159. The largest absolute Gasteiger partial charge is 0.493 e. The van der Waals surface area contributed by atoms with Crippen molar-refractivity contribution in [2.45, 2.75) is 33.6 Å². The number of rotatable bonds is 6. The zero-order valence-corrected chi connectivity index (χ0v) is 15.7. The highest BCUT2D eigenvalue weighted by atomic mass is 16.5. The summed E-state index contributed by atoms with van der Waals surface area (Å²) in [6, 6.07) is 7.20. The van der Waals surface area contributed by atoms with E-state index in [0.717, 1.165) is 11.3 Å². The topological polar surface area (TPSA) is 61.8 Å². The summed E-state index contributed by atoms with van der Waals surface area (Å²) in [5.41, 5.74) is 0.772. The van der Waals surface area contributed by atoms with Crippen LogP contribution in [0.5, 0.6) is 5.75 Å². The number of benzene rings is 1. The summed E-state index contributed by atoms with van der Waals surface area (Å²) in [6.07, 6.45) is 0. The van der Waals surface area contributed by atoms with Gasteiger partial charge < -0.3 is 14.2 Å². The Labute approximate surface area is 149 Å². The highest BCUT2D eigenvalue weighted by Gasteiger charge is 2.37. The Bertz CT molecular complexity index is 627. The smallest absolute Gasteiger partial charge is 0.321 e. The van der Waals surface area contributed by atoms with Crippen LogP contribution in [0.1, 0.15) is 39.2 Å². The van der Waals surface area contributed by atoms with E-state index in [2.05, 4.69) is 32.6 Å². The van der Waals surface area contributed by atoms with Gasteiger partial charge in [-0.15, -0.1) is 5.92 Å². The first-order valence-electron chi connectivity index (χ1n) is 8.04. The Morgan fingerprint density at radius 3 is 1.96 bits per heavy atom. The molecule has 0 saturated heterocycles. The van der Waals surface area contributed by atoms with Crippen LogP contribution in [0.3, 0.4) is 0 Å². The average molecular weight is 346 g/mol. The van der Waals surface area contributed by atoms with Gasteiger partial charge in [0.15, 0.2) is 5.92 Å². The van der Waals surface area contributed by atoms with E-state index in [9.17, 15) is 9.59 Å². The van der Waals surface area contributed by atoms with E-state index in [1.165, 1.54) is 14.2 Å². The monoisotopic (exact) mass is 346 g/mol. The molecule has 5 heteroatoms. The second-order valence-electron chi connectivity index (χ2n) is 6.81. The van der Waals surface area contributed by atoms with Crippen LogP contribution >= 0.6 is 0 Å². The van der Waals surface area contributed by atoms with Gasteiger partial charge in [0, 0.05) is 0 Å². The minimum atomic E-state index is -1.14. The molecule has 0 bridgehead atoms. The number of carbonyl (C=O) groups is 2. The summed E-state index contributed by atoms with van der Waals surface area (Å²) in [4.78, 5) is 24.1. The third kappa shape index (κ3) is 6.15. The maximum atomic E-state index is 12.1. The summed E-state index contributed by atoms with van der Waals surface area (Å²) in [5.74, 6) is 3.26. The lowest BCUT2D eigenvalue weighted by Gasteiger charge is -2.21. The molecule has 25 heavy (non-hydrogen) atoms. The first-order valence-corrected chi connectivity index (χ1v) is 8.04. The fraction of sp³-hybridized carbons (Fsp3) is 0.500. The van der Waals surface area contributed by atoms with Gasteiger partial charge in [0.05, 0.1) is 26.7 Å². The molecule has 0 aliphatic rings. The molecule has 1 aromatic carbocycles. The van der Waals surface area contributed by atoms with Crippen LogP contribution in [0.2, 0.25) is 0 Å². The van der Waals surface area contributed by atoms with Gasteiger partial charge in [-0.25, -0.2) is 0 Å². The Balaban J connectivity index is 3.10. The van der Waals surface area contributed by atoms with Gasteiger partial charge in [0.2, 0.25) is 0 Å². The minimum Gasteiger partial charge on any atom is -0.493 e. The molecule has 0 heterocycles. The fourth-order valence-electron chi connectivity index (χ4n) is 2.21. The summed E-state index contributed by atoms with van der Waals surface area (Å²) in [5, 5.41) is 0. The maximum absolute atomic E-state index is 12.1. The maximum Gasteiger partial charge on any atom is 0.321 e. The second-order valence-corrected chi connectivity index (χ2v) is 6.81. The zero-order valence-electron chi connectivity index (χ0n) is 15.7. The van der Waals surface area contributed by atoms with E-state index in [-0.39, 0.29) is 5.41 Å². The van der Waals surface area contributed by atoms with Gasteiger partial charge in [-0.05, 0) is 30.0 Å². The van der Waals surface area contributed by atoms with Crippen LogP contribution in [0.15, 0.2) is 24.3 Å². The van der Waals surface area contributed by atoms with Gasteiger partial charge in [-0.2, -0.15) is 0 Å². The van der Waals surface area contributed by atoms with E-state index < -0.39 is 23.8 Å². The second kappa shape index (κ2) is 9.12. The van der Waals surface area contributed by atoms with E-state index in [1.807, 2.05) is 0 Å². The average Bonchev–Trinajstić information content (AvgIpc) is 2.58. The van der Waals surface area contributed by atoms with Crippen molar-refractivity contribution in [3.05, 3.63) is 29.8 Å². The number of hydrogen-bond donors (Lipinski definition) is 0. The van der Waals surface area contributed by atoms with Crippen molar-refractivity contribution < 1.29 is 23.8 Å². The van der Waals surface area contributed by atoms with Gasteiger partial charge in [0.1, 0.15) is 5.75 Å². The van der Waals surface area contributed by atoms with E-state index >= 15 is 0 Å². The molecule has 0 spiro atoms. The van der Waals surface area contributed by atoms with Gasteiger partial charge in [-0.1, -0.05) is 38.8 Å². The summed E-state index contributed by atoms with van der Waals surface area (Å²) in [7, 11) is 2.47.